The summed E-state index contributed by atoms with van der Waals surface area (Å²) in [7, 11) is 1.59. The number of nitrogens with one attached hydrogen (secondary N) is 3. The fraction of sp³-hybridized carbons (Fsp3) is 0.250. The lowest BCUT2D eigenvalue weighted by molar-refractivity contribution is -0.124. The number of methoxy groups -OCH3 is 1. The number of rotatable bonds is 4. The van der Waals surface area contributed by atoms with Crippen LogP contribution >= 0.6 is 0 Å². The van der Waals surface area contributed by atoms with Gasteiger partial charge < -0.3 is 15.4 Å². The minimum absolute atomic E-state index is 0.00443. The average Bonchev–Trinajstić information content (AvgIpc) is 2.65. The zero-order chi connectivity index (χ0) is 19.4. The molecule has 1 heterocycles. The van der Waals surface area contributed by atoms with Crippen molar-refractivity contribution in [2.45, 2.75) is 26.3 Å². The summed E-state index contributed by atoms with van der Waals surface area (Å²) in [6.07, 6.45) is 0.00443. The number of carbonyl (C=O) groups is 2. The summed E-state index contributed by atoms with van der Waals surface area (Å²) in [6, 6.07) is 12.1. The van der Waals surface area contributed by atoms with Crippen LogP contribution < -0.4 is 20.7 Å². The number of aliphatic imine (C=N–C) groups is 1. The number of aryl methyl sites for hydroxylation is 2. The molecule has 1 aliphatic rings. The van der Waals surface area contributed by atoms with Crippen LogP contribution in [-0.4, -0.2) is 30.9 Å². The summed E-state index contributed by atoms with van der Waals surface area (Å²) >= 11 is 0. The second kappa shape index (κ2) is 7.90. The predicted molar refractivity (Wildman–Crippen MR) is 105 cm³/mol. The fourth-order valence-corrected chi connectivity index (χ4v) is 2.66. The molecule has 0 aromatic heterocycles. The van der Waals surface area contributed by atoms with E-state index in [1.54, 1.807) is 31.4 Å². The molecule has 27 heavy (non-hydrogen) atoms. The largest absolute Gasteiger partial charge is 0.497 e. The number of ether oxygens (including phenoxy) is 1. The topological polar surface area (TPSA) is 91.8 Å². The number of guanidine groups is 1. The minimum atomic E-state index is -0.791. The van der Waals surface area contributed by atoms with Crippen molar-refractivity contribution in [3.05, 3.63) is 53.6 Å². The Labute approximate surface area is 157 Å². The van der Waals surface area contributed by atoms with E-state index in [9.17, 15) is 9.59 Å². The second-order valence-corrected chi connectivity index (χ2v) is 6.39. The Balaban J connectivity index is 1.71. The van der Waals surface area contributed by atoms with Crippen molar-refractivity contribution in [3.63, 3.8) is 0 Å². The number of hydrogen-bond donors (Lipinski definition) is 3. The van der Waals surface area contributed by atoms with E-state index in [1.165, 1.54) is 0 Å². The van der Waals surface area contributed by atoms with Gasteiger partial charge in [-0.15, -0.1) is 0 Å². The lowest BCUT2D eigenvalue weighted by Gasteiger charge is -2.21. The average molecular weight is 366 g/mol. The van der Waals surface area contributed by atoms with Crippen LogP contribution in [0.5, 0.6) is 5.75 Å². The van der Waals surface area contributed by atoms with Gasteiger partial charge in [0.05, 0.1) is 13.5 Å². The Bertz CT molecular complexity index is 891. The van der Waals surface area contributed by atoms with Gasteiger partial charge in [-0.1, -0.05) is 6.07 Å². The van der Waals surface area contributed by atoms with Crippen molar-refractivity contribution in [2.75, 3.05) is 17.7 Å². The normalized spacial score (nSPS) is 16.2. The summed E-state index contributed by atoms with van der Waals surface area (Å²) < 4.78 is 5.12. The smallest absolute Gasteiger partial charge is 0.249 e. The van der Waals surface area contributed by atoms with Crippen molar-refractivity contribution in [3.8, 4) is 5.75 Å². The lowest BCUT2D eigenvalue weighted by atomic mass is 10.1. The number of benzene rings is 2. The third-order valence-corrected chi connectivity index (χ3v) is 4.35. The van der Waals surface area contributed by atoms with Crippen molar-refractivity contribution in [1.29, 1.82) is 0 Å². The van der Waals surface area contributed by atoms with Gasteiger partial charge in [-0.2, -0.15) is 0 Å². The first-order chi connectivity index (χ1) is 12.9. The first kappa shape index (κ1) is 18.4. The van der Waals surface area contributed by atoms with Crippen molar-refractivity contribution < 1.29 is 14.3 Å². The molecule has 0 fully saturated rings. The molecular weight excluding hydrogens is 344 g/mol. The van der Waals surface area contributed by atoms with Gasteiger partial charge in [-0.25, -0.2) is 4.99 Å². The van der Waals surface area contributed by atoms with E-state index in [0.29, 0.717) is 5.69 Å². The van der Waals surface area contributed by atoms with Crippen molar-refractivity contribution in [2.24, 2.45) is 4.99 Å². The second-order valence-electron chi connectivity index (χ2n) is 6.39. The number of carbonyl (C=O) groups excluding carboxylic acids is 2. The Morgan fingerprint density at radius 2 is 1.81 bits per heavy atom. The summed E-state index contributed by atoms with van der Waals surface area (Å²) in [5, 5.41) is 8.49. The quantitative estimate of drug-likeness (QED) is 0.776. The first-order valence-corrected chi connectivity index (χ1v) is 8.61. The molecule has 0 saturated carbocycles. The number of anilines is 2. The van der Waals surface area contributed by atoms with Gasteiger partial charge in [-0.3, -0.25) is 14.9 Å². The molecule has 140 valence electrons. The number of amides is 2. The van der Waals surface area contributed by atoms with Crippen LogP contribution in [0.4, 0.5) is 11.4 Å². The molecule has 0 saturated heterocycles. The van der Waals surface area contributed by atoms with E-state index in [4.69, 9.17) is 4.74 Å². The summed E-state index contributed by atoms with van der Waals surface area (Å²) in [6.45, 7) is 3.99. The van der Waals surface area contributed by atoms with E-state index in [2.05, 4.69) is 20.9 Å². The van der Waals surface area contributed by atoms with Gasteiger partial charge in [-0.05, 0) is 61.4 Å². The van der Waals surface area contributed by atoms with Crippen LogP contribution in [-0.2, 0) is 9.59 Å². The van der Waals surface area contributed by atoms with Crippen LogP contribution in [0, 0.1) is 13.8 Å². The van der Waals surface area contributed by atoms with Crippen LogP contribution in [0.3, 0.4) is 0 Å². The fourth-order valence-electron chi connectivity index (χ4n) is 2.66. The van der Waals surface area contributed by atoms with Crippen molar-refractivity contribution >= 4 is 29.1 Å². The Morgan fingerprint density at radius 3 is 2.48 bits per heavy atom. The maximum absolute atomic E-state index is 12.5. The zero-order valence-electron chi connectivity index (χ0n) is 15.5. The molecule has 0 spiro atoms. The third-order valence-electron chi connectivity index (χ3n) is 4.35. The van der Waals surface area contributed by atoms with Gasteiger partial charge in [0, 0.05) is 11.4 Å². The molecule has 2 amide bonds. The first-order valence-electron chi connectivity index (χ1n) is 8.61. The molecule has 3 rings (SSSR count). The molecule has 1 unspecified atom stereocenters. The summed E-state index contributed by atoms with van der Waals surface area (Å²) in [5.41, 5.74) is 3.65. The molecule has 3 N–H and O–H groups in total. The Morgan fingerprint density at radius 1 is 1.11 bits per heavy atom. The van der Waals surface area contributed by atoms with Crippen molar-refractivity contribution in [1.82, 2.24) is 5.32 Å². The number of nitrogens with zero attached hydrogens (tertiary/aromatic N) is 1. The number of hydrogen-bond acceptors (Lipinski definition) is 5. The van der Waals surface area contributed by atoms with Gasteiger partial charge in [0.2, 0.25) is 17.8 Å². The Hall–Kier alpha value is -3.35. The van der Waals surface area contributed by atoms with Crippen LogP contribution in [0.15, 0.2) is 47.5 Å². The summed E-state index contributed by atoms with van der Waals surface area (Å²) in [5.74, 6) is 0.390. The molecule has 0 radical (unpaired) electrons. The molecule has 7 nitrogen and oxygen atoms in total. The maximum atomic E-state index is 12.5. The van der Waals surface area contributed by atoms with E-state index >= 15 is 0 Å². The molecule has 2 aromatic rings. The third kappa shape index (κ3) is 4.63. The highest BCUT2D eigenvalue weighted by Gasteiger charge is 2.27. The van der Waals surface area contributed by atoms with Gasteiger partial charge >= 0.3 is 0 Å². The highest BCUT2D eigenvalue weighted by atomic mass is 16.5. The predicted octanol–water partition coefficient (Wildman–Crippen LogP) is 2.61. The minimum Gasteiger partial charge on any atom is -0.497 e. The lowest BCUT2D eigenvalue weighted by Crippen LogP contribution is -2.45. The zero-order valence-corrected chi connectivity index (χ0v) is 15.5. The van der Waals surface area contributed by atoms with E-state index in [0.717, 1.165) is 22.6 Å². The molecule has 7 heteroatoms. The van der Waals surface area contributed by atoms with Gasteiger partial charge in [0.15, 0.2) is 0 Å². The highest BCUT2D eigenvalue weighted by Crippen LogP contribution is 2.17. The SMILES string of the molecule is COc1ccc(NC2=NC(C(=O)Nc3ccc(C)c(C)c3)CC(=O)N2)cc1. The Kier molecular flexibility index (Phi) is 5.40. The highest BCUT2D eigenvalue weighted by molar-refractivity contribution is 6.10. The van der Waals surface area contributed by atoms with Gasteiger partial charge in [0.25, 0.3) is 0 Å². The van der Waals surface area contributed by atoms with Gasteiger partial charge in [0.1, 0.15) is 11.8 Å². The van der Waals surface area contributed by atoms with Crippen LogP contribution in [0.1, 0.15) is 17.5 Å². The molecule has 0 bridgehead atoms. The van der Waals surface area contributed by atoms with Crippen LogP contribution in [0.25, 0.3) is 0 Å². The molecule has 1 aliphatic heterocycles. The molecule has 1 atom stereocenters. The monoisotopic (exact) mass is 366 g/mol. The van der Waals surface area contributed by atoms with E-state index in [1.807, 2.05) is 32.0 Å². The standard InChI is InChI=1S/C20H22N4O3/c1-12-4-5-15(10-13(12)2)21-19(26)17-11-18(25)24-20(23-17)22-14-6-8-16(27-3)9-7-14/h4-10,17H,11H2,1-3H3,(H,21,26)(H2,22,23,24,25). The maximum Gasteiger partial charge on any atom is 0.249 e. The van der Waals surface area contributed by atoms with E-state index < -0.39 is 6.04 Å². The van der Waals surface area contributed by atoms with E-state index in [-0.39, 0.29) is 24.2 Å². The van der Waals surface area contributed by atoms with Crippen LogP contribution in [0.2, 0.25) is 0 Å². The molecule has 2 aromatic carbocycles. The summed E-state index contributed by atoms with van der Waals surface area (Å²) in [4.78, 5) is 28.9. The molecule has 0 aliphatic carbocycles. The molecular formula is C20H22N4O3.